The molecule has 5 aromatic carbocycles. The van der Waals surface area contributed by atoms with Crippen LogP contribution in [0.25, 0.3) is 65.7 Å². The fraction of sp³-hybridized carbons (Fsp3) is 0.111. The fourth-order valence-electron chi connectivity index (χ4n) is 5.99. The Kier molecular flexibility index (Phi) is 5.87. The van der Waals surface area contributed by atoms with E-state index in [4.69, 9.17) is 18.3 Å². The van der Waals surface area contributed by atoms with Crippen molar-refractivity contribution >= 4 is 43.5 Å². The second-order valence-electron chi connectivity index (χ2n) is 10.5. The topological polar surface area (TPSA) is 78.9 Å². The summed E-state index contributed by atoms with van der Waals surface area (Å²) in [5.41, 5.74) is 4.23. The van der Waals surface area contributed by atoms with Crippen molar-refractivity contribution in [1.29, 1.82) is 0 Å². The molecule has 0 aliphatic heterocycles. The molecule has 0 unspecified atom stereocenters. The Labute approximate surface area is 240 Å². The average Bonchev–Trinajstić information content (AvgIpc) is 3.00. The van der Waals surface area contributed by atoms with Gasteiger partial charge in [-0.1, -0.05) is 60.7 Å². The number of aryl methyl sites for hydroxylation is 2. The third kappa shape index (κ3) is 3.87. The van der Waals surface area contributed by atoms with E-state index in [0.717, 1.165) is 49.2 Å². The summed E-state index contributed by atoms with van der Waals surface area (Å²) in [6.45, 7) is 3.93. The Hall–Kier alpha value is -5.36. The second kappa shape index (κ2) is 9.63. The van der Waals surface area contributed by atoms with Gasteiger partial charge in [0.25, 0.3) is 0 Å². The molecule has 6 heteroatoms. The van der Waals surface area contributed by atoms with Crippen LogP contribution in [0.2, 0.25) is 0 Å². The number of rotatable bonds is 4. The highest BCUT2D eigenvalue weighted by molar-refractivity contribution is 6.09. The highest BCUT2D eigenvalue weighted by atomic mass is 16.5. The summed E-state index contributed by atoms with van der Waals surface area (Å²) >= 11 is 0. The van der Waals surface area contributed by atoms with Crippen LogP contribution >= 0.6 is 0 Å². The summed E-state index contributed by atoms with van der Waals surface area (Å²) < 4.78 is 22.7. The Morgan fingerprint density at radius 3 is 1.90 bits per heavy atom. The molecule has 0 saturated carbocycles. The van der Waals surface area contributed by atoms with Gasteiger partial charge in [-0.2, -0.15) is 0 Å². The zero-order valence-corrected chi connectivity index (χ0v) is 23.5. The molecule has 0 aliphatic rings. The number of fused-ring (bicyclic) bond motifs is 5. The predicted octanol–water partition coefficient (Wildman–Crippen LogP) is 8.17. The normalized spacial score (nSPS) is 11.5. The minimum absolute atomic E-state index is 0.371. The summed E-state index contributed by atoms with van der Waals surface area (Å²) in [5.74, 6) is 1.06. The van der Waals surface area contributed by atoms with Gasteiger partial charge >= 0.3 is 11.3 Å². The molecule has 0 amide bonds. The fourth-order valence-corrected chi connectivity index (χ4v) is 5.99. The number of methoxy groups -OCH3 is 2. The first-order valence-corrected chi connectivity index (χ1v) is 13.6. The van der Waals surface area contributed by atoms with Gasteiger partial charge in [-0.05, 0) is 64.4 Å². The van der Waals surface area contributed by atoms with Crippen molar-refractivity contribution in [3.8, 4) is 33.8 Å². The maximum absolute atomic E-state index is 13.6. The molecule has 0 saturated heterocycles. The molecule has 2 heterocycles. The van der Waals surface area contributed by atoms with Crippen LogP contribution < -0.4 is 20.7 Å². The lowest BCUT2D eigenvalue weighted by atomic mass is 9.88. The van der Waals surface area contributed by atoms with Gasteiger partial charge < -0.3 is 18.3 Å². The van der Waals surface area contributed by atoms with E-state index in [9.17, 15) is 9.59 Å². The van der Waals surface area contributed by atoms with Gasteiger partial charge in [0.2, 0.25) is 0 Å². The van der Waals surface area contributed by atoms with Crippen LogP contribution in [0.1, 0.15) is 11.1 Å². The van der Waals surface area contributed by atoms with Crippen LogP contribution in [0.5, 0.6) is 11.5 Å². The standard InChI is InChI=1S/C36H26O6/c1-19-9-14-26-25(32(19)28-15-22-12-11-21-7-5-6-8-24(21)34(22)42-36(28)38)13-10-20(2)33(26)29-18-27-30(40-4)16-23(39-3)17-31(27)41-35(29)37/h5-18H,1-4H3. The van der Waals surface area contributed by atoms with Crippen molar-refractivity contribution in [2.24, 2.45) is 0 Å². The number of hydrogen-bond acceptors (Lipinski definition) is 6. The van der Waals surface area contributed by atoms with Gasteiger partial charge in [0, 0.05) is 22.9 Å². The van der Waals surface area contributed by atoms with E-state index in [1.54, 1.807) is 32.4 Å². The Morgan fingerprint density at radius 1 is 0.571 bits per heavy atom. The molecule has 7 rings (SSSR count). The van der Waals surface area contributed by atoms with Crippen molar-refractivity contribution in [3.05, 3.63) is 117 Å². The molecule has 0 radical (unpaired) electrons. The molecule has 0 fully saturated rings. The monoisotopic (exact) mass is 554 g/mol. The van der Waals surface area contributed by atoms with Gasteiger partial charge in [-0.25, -0.2) is 9.59 Å². The predicted molar refractivity (Wildman–Crippen MR) is 167 cm³/mol. The van der Waals surface area contributed by atoms with E-state index in [1.807, 2.05) is 80.6 Å². The van der Waals surface area contributed by atoms with E-state index >= 15 is 0 Å². The first-order chi connectivity index (χ1) is 20.4. The van der Waals surface area contributed by atoms with E-state index in [1.165, 1.54) is 0 Å². The molecule has 2 aromatic heterocycles. The van der Waals surface area contributed by atoms with Crippen LogP contribution in [-0.2, 0) is 0 Å². The zero-order chi connectivity index (χ0) is 29.1. The minimum Gasteiger partial charge on any atom is -0.496 e. The Balaban J connectivity index is 1.51. The molecule has 0 N–H and O–H groups in total. The third-order valence-electron chi connectivity index (χ3n) is 8.03. The van der Waals surface area contributed by atoms with Gasteiger partial charge in [0.15, 0.2) is 0 Å². The summed E-state index contributed by atoms with van der Waals surface area (Å²) in [7, 11) is 3.11. The van der Waals surface area contributed by atoms with Gasteiger partial charge in [0.1, 0.15) is 22.7 Å². The Bertz CT molecular complexity index is 2340. The molecule has 0 atom stereocenters. The highest BCUT2D eigenvalue weighted by Crippen LogP contribution is 2.40. The third-order valence-corrected chi connectivity index (χ3v) is 8.03. The second-order valence-corrected chi connectivity index (χ2v) is 10.5. The molecule has 42 heavy (non-hydrogen) atoms. The molecule has 0 spiro atoms. The molecular formula is C36H26O6. The van der Waals surface area contributed by atoms with E-state index in [0.29, 0.717) is 39.2 Å². The largest absolute Gasteiger partial charge is 0.496 e. The first-order valence-electron chi connectivity index (χ1n) is 13.6. The number of hydrogen-bond donors (Lipinski definition) is 0. The van der Waals surface area contributed by atoms with E-state index in [-0.39, 0.29) is 0 Å². The molecular weight excluding hydrogens is 528 g/mol. The number of benzene rings is 5. The molecule has 6 nitrogen and oxygen atoms in total. The smallest absolute Gasteiger partial charge is 0.344 e. The van der Waals surface area contributed by atoms with Crippen molar-refractivity contribution < 1.29 is 18.3 Å². The molecule has 0 aliphatic carbocycles. The van der Waals surface area contributed by atoms with Crippen LogP contribution in [-0.4, -0.2) is 14.2 Å². The van der Waals surface area contributed by atoms with Gasteiger partial charge in [-0.3, -0.25) is 0 Å². The first kappa shape index (κ1) is 25.6. The van der Waals surface area contributed by atoms with Gasteiger partial charge in [0.05, 0.1) is 30.7 Å². The lowest BCUT2D eigenvalue weighted by molar-refractivity contribution is 0.396. The summed E-state index contributed by atoms with van der Waals surface area (Å²) in [4.78, 5) is 27.0. The average molecular weight is 555 g/mol. The highest BCUT2D eigenvalue weighted by Gasteiger charge is 2.20. The Morgan fingerprint density at radius 2 is 1.21 bits per heavy atom. The van der Waals surface area contributed by atoms with E-state index < -0.39 is 11.3 Å². The van der Waals surface area contributed by atoms with Gasteiger partial charge in [-0.15, -0.1) is 0 Å². The quantitative estimate of drug-likeness (QED) is 0.161. The molecule has 0 bridgehead atoms. The SMILES string of the molecule is COc1cc(OC)c2cc(-c3c(C)ccc4c(-c5cc6ccc7ccccc7c6oc5=O)c(C)ccc34)c(=O)oc2c1. The van der Waals surface area contributed by atoms with Crippen LogP contribution in [0.3, 0.4) is 0 Å². The minimum atomic E-state index is -0.479. The van der Waals surface area contributed by atoms with Crippen LogP contribution in [0.15, 0.2) is 103 Å². The van der Waals surface area contributed by atoms with Crippen molar-refractivity contribution in [2.45, 2.75) is 13.8 Å². The van der Waals surface area contributed by atoms with E-state index in [2.05, 4.69) is 0 Å². The molecule has 7 aromatic rings. The van der Waals surface area contributed by atoms with Crippen LogP contribution in [0, 0.1) is 13.8 Å². The number of ether oxygens (including phenoxy) is 2. The lowest BCUT2D eigenvalue weighted by Crippen LogP contribution is -2.07. The summed E-state index contributed by atoms with van der Waals surface area (Å²) in [5, 5.41) is 5.05. The van der Waals surface area contributed by atoms with Crippen molar-refractivity contribution in [1.82, 2.24) is 0 Å². The summed E-state index contributed by atoms with van der Waals surface area (Å²) in [6.07, 6.45) is 0. The maximum atomic E-state index is 13.6. The van der Waals surface area contributed by atoms with Crippen LogP contribution in [0.4, 0.5) is 0 Å². The van der Waals surface area contributed by atoms with Crippen molar-refractivity contribution in [3.63, 3.8) is 0 Å². The maximum Gasteiger partial charge on any atom is 0.344 e. The lowest BCUT2D eigenvalue weighted by Gasteiger charge is -2.16. The van der Waals surface area contributed by atoms with Crippen molar-refractivity contribution in [2.75, 3.05) is 14.2 Å². The zero-order valence-electron chi connectivity index (χ0n) is 23.5. The molecule has 206 valence electrons. The summed E-state index contributed by atoms with van der Waals surface area (Å²) in [6, 6.07) is 26.9.